The molecule has 28 heavy (non-hydrogen) atoms. The van der Waals surface area contributed by atoms with Crippen LogP contribution < -0.4 is 4.80 Å². The Morgan fingerprint density at radius 2 is 1.75 bits per heavy atom. The van der Waals surface area contributed by atoms with E-state index in [2.05, 4.69) is 52.4 Å². The van der Waals surface area contributed by atoms with Crippen molar-refractivity contribution in [2.24, 2.45) is 16.8 Å². The van der Waals surface area contributed by atoms with Gasteiger partial charge in [-0.1, -0.05) is 48.9 Å². The fourth-order valence-electron chi connectivity index (χ4n) is 4.79. The molecule has 0 radical (unpaired) electrons. The summed E-state index contributed by atoms with van der Waals surface area (Å²) in [7, 11) is 0. The monoisotopic (exact) mass is 388 g/mol. The van der Waals surface area contributed by atoms with E-state index < -0.39 is 0 Å². The van der Waals surface area contributed by atoms with Gasteiger partial charge in [0.2, 0.25) is 0 Å². The Morgan fingerprint density at radius 1 is 0.964 bits per heavy atom. The number of benzene rings is 2. The maximum absolute atomic E-state index is 5.07. The van der Waals surface area contributed by atoms with Gasteiger partial charge < -0.3 is 4.57 Å². The van der Waals surface area contributed by atoms with Crippen molar-refractivity contribution in [3.8, 4) is 0 Å². The second kappa shape index (κ2) is 6.59. The number of fused-ring (bicyclic) bond motifs is 1. The maximum atomic E-state index is 5.07. The van der Waals surface area contributed by atoms with Gasteiger partial charge in [0.1, 0.15) is 0 Å². The zero-order chi connectivity index (χ0) is 18.6. The average molecular weight is 389 g/mol. The molecule has 3 aromatic rings. The van der Waals surface area contributed by atoms with Crippen LogP contribution in [0.4, 0.5) is 0 Å². The van der Waals surface area contributed by atoms with E-state index in [1.165, 1.54) is 72.6 Å². The van der Waals surface area contributed by atoms with Crippen molar-refractivity contribution in [2.75, 3.05) is 6.54 Å². The van der Waals surface area contributed by atoms with Crippen molar-refractivity contribution in [1.29, 1.82) is 0 Å². The van der Waals surface area contributed by atoms with Crippen LogP contribution in [-0.2, 0) is 12.0 Å². The molecule has 3 saturated carbocycles. The molecule has 0 amide bonds. The van der Waals surface area contributed by atoms with E-state index in [1.807, 2.05) is 11.3 Å². The van der Waals surface area contributed by atoms with Crippen molar-refractivity contribution < 1.29 is 0 Å². The van der Waals surface area contributed by atoms with Crippen LogP contribution in [0.1, 0.15) is 56.2 Å². The van der Waals surface area contributed by atoms with Crippen LogP contribution >= 0.6 is 11.3 Å². The van der Waals surface area contributed by atoms with Gasteiger partial charge in [0.05, 0.1) is 0 Å². The summed E-state index contributed by atoms with van der Waals surface area (Å²) in [6.45, 7) is 2.21. The van der Waals surface area contributed by atoms with Crippen LogP contribution in [0.25, 0.3) is 10.8 Å². The molecule has 0 atom stereocenters. The number of thiazole rings is 1. The van der Waals surface area contributed by atoms with Crippen molar-refractivity contribution in [3.63, 3.8) is 0 Å². The van der Waals surface area contributed by atoms with Gasteiger partial charge in [0, 0.05) is 29.6 Å². The molecule has 3 aliphatic rings. The molecule has 3 fully saturated rings. The molecule has 0 bridgehead atoms. The predicted octanol–water partition coefficient (Wildman–Crippen LogP) is 5.89. The van der Waals surface area contributed by atoms with Crippen LogP contribution in [0.5, 0.6) is 0 Å². The number of hydrogen-bond donors (Lipinski definition) is 0. The molecular formula is C25H28N2S. The van der Waals surface area contributed by atoms with Crippen LogP contribution in [-0.4, -0.2) is 11.1 Å². The van der Waals surface area contributed by atoms with Crippen molar-refractivity contribution in [1.82, 2.24) is 4.57 Å². The molecule has 0 spiro atoms. The van der Waals surface area contributed by atoms with Gasteiger partial charge in [-0.05, 0) is 66.7 Å². The van der Waals surface area contributed by atoms with Gasteiger partial charge in [0.15, 0.2) is 4.80 Å². The molecule has 144 valence electrons. The van der Waals surface area contributed by atoms with E-state index in [4.69, 9.17) is 4.99 Å². The van der Waals surface area contributed by atoms with Crippen molar-refractivity contribution in [3.05, 3.63) is 63.9 Å². The molecule has 2 nitrogen and oxygen atoms in total. The second-order valence-corrected chi connectivity index (χ2v) is 10.1. The lowest BCUT2D eigenvalue weighted by Gasteiger charge is -2.43. The topological polar surface area (TPSA) is 17.3 Å². The van der Waals surface area contributed by atoms with E-state index in [9.17, 15) is 0 Å². The minimum Gasteiger partial charge on any atom is -0.320 e. The lowest BCUT2D eigenvalue weighted by Crippen LogP contribution is -2.39. The summed E-state index contributed by atoms with van der Waals surface area (Å²) in [5, 5.41) is 5.16. The molecule has 6 rings (SSSR count). The summed E-state index contributed by atoms with van der Waals surface area (Å²) in [4.78, 5) is 6.35. The highest BCUT2D eigenvalue weighted by molar-refractivity contribution is 7.07. The highest BCUT2D eigenvalue weighted by atomic mass is 32.1. The van der Waals surface area contributed by atoms with E-state index in [-0.39, 0.29) is 5.41 Å². The molecule has 3 aliphatic carbocycles. The fourth-order valence-corrected chi connectivity index (χ4v) is 5.80. The summed E-state index contributed by atoms with van der Waals surface area (Å²) in [6.07, 6.45) is 9.43. The largest absolute Gasteiger partial charge is 0.320 e. The lowest BCUT2D eigenvalue weighted by atomic mass is 9.62. The Labute approximate surface area is 170 Å². The molecular weight excluding hydrogens is 360 g/mol. The summed E-state index contributed by atoms with van der Waals surface area (Å²) < 4.78 is 2.62. The predicted molar refractivity (Wildman–Crippen MR) is 117 cm³/mol. The van der Waals surface area contributed by atoms with Gasteiger partial charge in [0.25, 0.3) is 0 Å². The van der Waals surface area contributed by atoms with Gasteiger partial charge in [-0.15, -0.1) is 11.3 Å². The minimum absolute atomic E-state index is 0.197. The molecule has 0 saturated heterocycles. The SMILES string of the molecule is c1ccc2cc(C3(c4cs/c(=N\CC5CC5)n4CC4CC4)CCC3)ccc2c1. The zero-order valence-electron chi connectivity index (χ0n) is 16.4. The Bertz CT molecular complexity index is 1080. The van der Waals surface area contributed by atoms with Crippen molar-refractivity contribution >= 4 is 22.1 Å². The van der Waals surface area contributed by atoms with Crippen LogP contribution in [0.15, 0.2) is 52.8 Å². The minimum atomic E-state index is 0.197. The first-order chi connectivity index (χ1) is 13.8. The number of hydrogen-bond acceptors (Lipinski definition) is 2. The third-order valence-electron chi connectivity index (χ3n) is 7.12. The van der Waals surface area contributed by atoms with Crippen LogP contribution in [0.3, 0.4) is 0 Å². The molecule has 1 aromatic heterocycles. The first-order valence-corrected chi connectivity index (χ1v) is 11.9. The Morgan fingerprint density at radius 3 is 2.46 bits per heavy atom. The molecule has 3 heteroatoms. The smallest absolute Gasteiger partial charge is 0.184 e. The van der Waals surface area contributed by atoms with Crippen LogP contribution in [0, 0.1) is 11.8 Å². The van der Waals surface area contributed by atoms with Gasteiger partial charge in [-0.25, -0.2) is 0 Å². The van der Waals surface area contributed by atoms with E-state index in [1.54, 1.807) is 5.69 Å². The number of aromatic nitrogens is 1. The van der Waals surface area contributed by atoms with Gasteiger partial charge >= 0.3 is 0 Å². The van der Waals surface area contributed by atoms with E-state index in [0.717, 1.165) is 18.4 Å². The molecule has 0 N–H and O–H groups in total. The second-order valence-electron chi connectivity index (χ2n) is 9.24. The number of rotatable bonds is 6. The molecule has 2 aromatic carbocycles. The highest BCUT2D eigenvalue weighted by Gasteiger charge is 2.43. The van der Waals surface area contributed by atoms with Gasteiger partial charge in [-0.2, -0.15) is 0 Å². The third-order valence-corrected chi connectivity index (χ3v) is 8.02. The lowest BCUT2D eigenvalue weighted by molar-refractivity contribution is 0.281. The summed E-state index contributed by atoms with van der Waals surface area (Å²) in [6, 6.07) is 15.9. The van der Waals surface area contributed by atoms with Gasteiger partial charge in [-0.3, -0.25) is 4.99 Å². The van der Waals surface area contributed by atoms with Crippen LogP contribution in [0.2, 0.25) is 0 Å². The fraction of sp³-hybridized carbons (Fsp3) is 0.480. The average Bonchev–Trinajstić information content (AvgIpc) is 3.60. The molecule has 1 heterocycles. The summed E-state index contributed by atoms with van der Waals surface area (Å²) >= 11 is 1.89. The Balaban J connectivity index is 1.45. The Hall–Kier alpha value is -1.87. The Kier molecular flexibility index (Phi) is 4.01. The molecule has 0 aliphatic heterocycles. The first kappa shape index (κ1) is 17.0. The van der Waals surface area contributed by atoms with E-state index in [0.29, 0.717) is 0 Å². The third kappa shape index (κ3) is 2.95. The van der Waals surface area contributed by atoms with E-state index >= 15 is 0 Å². The zero-order valence-corrected chi connectivity index (χ0v) is 17.3. The highest BCUT2D eigenvalue weighted by Crippen LogP contribution is 2.50. The summed E-state index contributed by atoms with van der Waals surface area (Å²) in [5.41, 5.74) is 3.25. The summed E-state index contributed by atoms with van der Waals surface area (Å²) in [5.74, 6) is 1.74. The maximum Gasteiger partial charge on any atom is 0.184 e. The number of nitrogens with zero attached hydrogens (tertiary/aromatic N) is 2. The quantitative estimate of drug-likeness (QED) is 0.501. The normalized spacial score (nSPS) is 21.8. The van der Waals surface area contributed by atoms with Crippen molar-refractivity contribution in [2.45, 2.75) is 56.9 Å². The first-order valence-electron chi connectivity index (χ1n) is 11.0. The molecule has 0 unspecified atom stereocenters. The standard InChI is InChI=1S/C25H28N2S/c1-2-5-21-14-22(11-10-20(21)4-1)25(12-3-13-25)23-17-28-24(26-15-18-6-7-18)27(23)16-19-8-9-19/h1-2,4-5,10-11,14,17-19H,3,6-9,12-13,15-16H2/b26-24-.